The number of hydrogen-bond acceptors (Lipinski definition) is 2. The van der Waals surface area contributed by atoms with Crippen molar-refractivity contribution in [3.05, 3.63) is 70.8 Å². The van der Waals surface area contributed by atoms with Gasteiger partial charge in [0.2, 0.25) is 0 Å². The van der Waals surface area contributed by atoms with Crippen LogP contribution in [0.5, 0.6) is 0 Å². The maximum Gasteiger partial charge on any atom is 0.335 e. The van der Waals surface area contributed by atoms with E-state index in [9.17, 15) is 13.6 Å². The minimum atomic E-state index is -0.997. The maximum atomic E-state index is 13.4. The van der Waals surface area contributed by atoms with Crippen LogP contribution in [0.1, 0.15) is 21.5 Å². The molecule has 0 aliphatic heterocycles. The third kappa shape index (κ3) is 3.61. The van der Waals surface area contributed by atoms with Crippen molar-refractivity contribution >= 4 is 5.97 Å². The first kappa shape index (κ1) is 14.1. The second kappa shape index (κ2) is 6.25. The molecule has 104 valence electrons. The Hall–Kier alpha value is -2.27. The summed E-state index contributed by atoms with van der Waals surface area (Å²) >= 11 is 0. The summed E-state index contributed by atoms with van der Waals surface area (Å²) in [5, 5.41) is 11.8. The number of benzene rings is 2. The van der Waals surface area contributed by atoms with Crippen LogP contribution in [0.15, 0.2) is 42.5 Å². The van der Waals surface area contributed by atoms with E-state index in [1.807, 2.05) is 0 Å². The normalized spacial score (nSPS) is 10.5. The van der Waals surface area contributed by atoms with Gasteiger partial charge in [0.15, 0.2) is 0 Å². The summed E-state index contributed by atoms with van der Waals surface area (Å²) in [6, 6.07) is 9.72. The molecule has 0 aliphatic carbocycles. The zero-order chi connectivity index (χ0) is 14.5. The van der Waals surface area contributed by atoms with Gasteiger partial charge in [-0.1, -0.05) is 12.1 Å². The molecule has 0 heterocycles. The minimum absolute atomic E-state index is 0.168. The van der Waals surface area contributed by atoms with E-state index < -0.39 is 17.6 Å². The van der Waals surface area contributed by atoms with E-state index in [0.29, 0.717) is 6.54 Å². The van der Waals surface area contributed by atoms with Crippen molar-refractivity contribution in [2.75, 3.05) is 0 Å². The summed E-state index contributed by atoms with van der Waals surface area (Å²) in [5.74, 6) is -1.96. The molecule has 0 fully saturated rings. The average molecular weight is 277 g/mol. The molecule has 0 amide bonds. The van der Waals surface area contributed by atoms with Crippen LogP contribution in [-0.4, -0.2) is 11.1 Å². The number of halogens is 2. The highest BCUT2D eigenvalue weighted by molar-refractivity contribution is 5.87. The Bertz CT molecular complexity index is 629. The van der Waals surface area contributed by atoms with Crippen molar-refractivity contribution in [2.45, 2.75) is 13.1 Å². The van der Waals surface area contributed by atoms with E-state index in [4.69, 9.17) is 5.11 Å². The maximum absolute atomic E-state index is 13.4. The van der Waals surface area contributed by atoms with E-state index >= 15 is 0 Å². The Morgan fingerprint density at radius 2 is 1.90 bits per heavy atom. The predicted octanol–water partition coefficient (Wildman–Crippen LogP) is 2.95. The van der Waals surface area contributed by atoms with Gasteiger partial charge in [0.1, 0.15) is 11.6 Å². The molecule has 2 N–H and O–H groups in total. The number of carboxylic acid groups (broad SMARTS) is 1. The van der Waals surface area contributed by atoms with Gasteiger partial charge in [-0.25, -0.2) is 13.6 Å². The number of carboxylic acids is 1. The van der Waals surface area contributed by atoms with E-state index in [2.05, 4.69) is 5.32 Å². The standard InChI is InChI=1S/C15H13F2NO2/c16-13-4-5-14(17)12(7-13)9-18-8-10-2-1-3-11(6-10)15(19)20/h1-7,18H,8-9H2,(H,19,20). The predicted molar refractivity (Wildman–Crippen MR) is 70.3 cm³/mol. The van der Waals surface area contributed by atoms with Crippen molar-refractivity contribution in [2.24, 2.45) is 0 Å². The molecule has 5 heteroatoms. The first-order chi connectivity index (χ1) is 9.56. The molecule has 0 aromatic heterocycles. The number of carbonyl (C=O) groups is 1. The lowest BCUT2D eigenvalue weighted by Gasteiger charge is -2.07. The Labute approximate surface area is 114 Å². The Balaban J connectivity index is 1.97. The first-order valence-corrected chi connectivity index (χ1v) is 6.03. The summed E-state index contributed by atoms with van der Waals surface area (Å²) in [4.78, 5) is 10.8. The second-order valence-corrected chi connectivity index (χ2v) is 4.34. The monoisotopic (exact) mass is 277 g/mol. The number of nitrogens with one attached hydrogen (secondary N) is 1. The Kier molecular flexibility index (Phi) is 4.42. The van der Waals surface area contributed by atoms with Crippen LogP contribution >= 0.6 is 0 Å². The molecule has 20 heavy (non-hydrogen) atoms. The van der Waals surface area contributed by atoms with Gasteiger partial charge in [-0.3, -0.25) is 0 Å². The average Bonchev–Trinajstić information content (AvgIpc) is 2.43. The van der Waals surface area contributed by atoms with Gasteiger partial charge in [-0.15, -0.1) is 0 Å². The molecule has 0 bridgehead atoms. The molecule has 2 rings (SSSR count). The number of aromatic carboxylic acids is 1. The van der Waals surface area contributed by atoms with Crippen LogP contribution in [0.2, 0.25) is 0 Å². The van der Waals surface area contributed by atoms with E-state index in [0.717, 1.165) is 23.8 Å². The Morgan fingerprint density at radius 3 is 2.65 bits per heavy atom. The van der Waals surface area contributed by atoms with Gasteiger partial charge < -0.3 is 10.4 Å². The highest BCUT2D eigenvalue weighted by Crippen LogP contribution is 2.10. The van der Waals surface area contributed by atoms with Gasteiger partial charge in [0, 0.05) is 18.7 Å². The highest BCUT2D eigenvalue weighted by Gasteiger charge is 2.05. The third-order valence-corrected chi connectivity index (χ3v) is 2.83. The fourth-order valence-electron chi connectivity index (χ4n) is 1.83. The van der Waals surface area contributed by atoms with Gasteiger partial charge in [0.25, 0.3) is 0 Å². The van der Waals surface area contributed by atoms with Crippen LogP contribution in [0.4, 0.5) is 8.78 Å². The third-order valence-electron chi connectivity index (χ3n) is 2.83. The molecule has 3 nitrogen and oxygen atoms in total. The molecule has 0 unspecified atom stereocenters. The van der Waals surface area contributed by atoms with Crippen molar-refractivity contribution in [1.29, 1.82) is 0 Å². The second-order valence-electron chi connectivity index (χ2n) is 4.34. The molecule has 0 saturated heterocycles. The summed E-state index contributed by atoms with van der Waals surface area (Å²) in [5.41, 5.74) is 1.20. The molecule has 0 radical (unpaired) electrons. The van der Waals surface area contributed by atoms with Crippen molar-refractivity contribution in [1.82, 2.24) is 5.32 Å². The number of rotatable bonds is 5. The van der Waals surface area contributed by atoms with Gasteiger partial charge in [-0.05, 0) is 35.9 Å². The fraction of sp³-hybridized carbons (Fsp3) is 0.133. The molecule has 0 saturated carbocycles. The zero-order valence-corrected chi connectivity index (χ0v) is 10.6. The van der Waals surface area contributed by atoms with E-state index in [-0.39, 0.29) is 17.7 Å². The van der Waals surface area contributed by atoms with E-state index in [1.165, 1.54) is 12.1 Å². The van der Waals surface area contributed by atoms with Crippen molar-refractivity contribution in [3.8, 4) is 0 Å². The Morgan fingerprint density at radius 1 is 1.10 bits per heavy atom. The number of hydrogen-bond donors (Lipinski definition) is 2. The van der Waals surface area contributed by atoms with Gasteiger partial charge in [-0.2, -0.15) is 0 Å². The van der Waals surface area contributed by atoms with Crippen molar-refractivity contribution in [3.63, 3.8) is 0 Å². The summed E-state index contributed by atoms with van der Waals surface area (Å²) in [7, 11) is 0. The minimum Gasteiger partial charge on any atom is -0.478 e. The summed E-state index contributed by atoms with van der Waals surface area (Å²) in [6.07, 6.45) is 0. The van der Waals surface area contributed by atoms with Crippen LogP contribution in [0.25, 0.3) is 0 Å². The van der Waals surface area contributed by atoms with Crippen molar-refractivity contribution < 1.29 is 18.7 Å². The SMILES string of the molecule is O=C(O)c1cccc(CNCc2cc(F)ccc2F)c1. The summed E-state index contributed by atoms with van der Waals surface area (Å²) in [6.45, 7) is 0.540. The molecule has 0 aliphatic rings. The molecule has 0 atom stereocenters. The van der Waals surface area contributed by atoms with Crippen LogP contribution < -0.4 is 5.32 Å². The lowest BCUT2D eigenvalue weighted by Crippen LogP contribution is -2.14. The van der Waals surface area contributed by atoms with Gasteiger partial charge in [0.05, 0.1) is 5.56 Å². The highest BCUT2D eigenvalue weighted by atomic mass is 19.1. The quantitative estimate of drug-likeness (QED) is 0.883. The van der Waals surface area contributed by atoms with Gasteiger partial charge >= 0.3 is 5.97 Å². The molecule has 2 aromatic rings. The topological polar surface area (TPSA) is 49.3 Å². The molecular weight excluding hydrogens is 264 g/mol. The van der Waals surface area contributed by atoms with Crippen LogP contribution in [-0.2, 0) is 13.1 Å². The summed E-state index contributed by atoms with van der Waals surface area (Å²) < 4.78 is 26.4. The molecule has 2 aromatic carbocycles. The largest absolute Gasteiger partial charge is 0.478 e. The zero-order valence-electron chi connectivity index (χ0n) is 10.6. The smallest absolute Gasteiger partial charge is 0.335 e. The molecule has 0 spiro atoms. The van der Waals surface area contributed by atoms with Crippen LogP contribution in [0.3, 0.4) is 0 Å². The van der Waals surface area contributed by atoms with E-state index in [1.54, 1.807) is 12.1 Å². The lowest BCUT2D eigenvalue weighted by molar-refractivity contribution is 0.0696. The molecular formula is C15H13F2NO2. The van der Waals surface area contributed by atoms with Crippen LogP contribution in [0, 0.1) is 11.6 Å². The fourth-order valence-corrected chi connectivity index (χ4v) is 1.83. The first-order valence-electron chi connectivity index (χ1n) is 6.03. The lowest BCUT2D eigenvalue weighted by atomic mass is 10.1.